The van der Waals surface area contributed by atoms with Crippen LogP contribution in [0.25, 0.3) is 0 Å². The van der Waals surface area contributed by atoms with Crippen LogP contribution in [0.1, 0.15) is 27.3 Å². The second-order valence-electron chi connectivity index (χ2n) is 6.33. The molecule has 0 aliphatic carbocycles. The molecule has 0 unspecified atom stereocenters. The van der Waals surface area contributed by atoms with Gasteiger partial charge in [-0.25, -0.2) is 0 Å². The highest BCUT2D eigenvalue weighted by atomic mass is 127. The number of nitrogens with one attached hydrogen (secondary N) is 1. The van der Waals surface area contributed by atoms with E-state index in [0.29, 0.717) is 23.6 Å². The zero-order valence-electron chi connectivity index (χ0n) is 16.2. The lowest BCUT2D eigenvalue weighted by Gasteiger charge is -2.11. The van der Waals surface area contributed by atoms with Crippen molar-refractivity contribution in [3.05, 3.63) is 68.5 Å². The standard InChI is InChI=1S/C21H22IN3O3/c1-13-20(23-21(26)16-7-5-6-8-17(16)22)14(2)25(24-13)12-15-9-10-18(27-3)19(11-15)28-4/h5-11H,12H2,1-4H3,(H,23,26). The van der Waals surface area contributed by atoms with Crippen LogP contribution in [0.4, 0.5) is 5.69 Å². The number of ether oxygens (including phenoxy) is 2. The highest BCUT2D eigenvalue weighted by molar-refractivity contribution is 14.1. The number of hydrogen-bond donors (Lipinski definition) is 1. The monoisotopic (exact) mass is 491 g/mol. The highest BCUT2D eigenvalue weighted by Gasteiger charge is 2.17. The molecular weight excluding hydrogens is 469 g/mol. The van der Waals surface area contributed by atoms with Crippen LogP contribution in [0.2, 0.25) is 0 Å². The van der Waals surface area contributed by atoms with Crippen molar-refractivity contribution < 1.29 is 14.3 Å². The van der Waals surface area contributed by atoms with Crippen LogP contribution < -0.4 is 14.8 Å². The van der Waals surface area contributed by atoms with Crippen LogP contribution in [0.5, 0.6) is 11.5 Å². The van der Waals surface area contributed by atoms with E-state index in [4.69, 9.17) is 9.47 Å². The van der Waals surface area contributed by atoms with Crippen LogP contribution >= 0.6 is 22.6 Å². The minimum atomic E-state index is -0.137. The quantitative estimate of drug-likeness (QED) is 0.519. The minimum Gasteiger partial charge on any atom is -0.493 e. The number of rotatable bonds is 6. The maximum Gasteiger partial charge on any atom is 0.256 e. The molecule has 0 atom stereocenters. The normalized spacial score (nSPS) is 10.6. The van der Waals surface area contributed by atoms with Gasteiger partial charge in [0.2, 0.25) is 0 Å². The summed E-state index contributed by atoms with van der Waals surface area (Å²) in [5, 5.41) is 7.61. The molecule has 146 valence electrons. The number of aryl methyl sites for hydroxylation is 1. The number of halogens is 1. The van der Waals surface area contributed by atoms with Crippen LogP contribution in [-0.4, -0.2) is 29.9 Å². The lowest BCUT2D eigenvalue weighted by Crippen LogP contribution is -2.14. The number of hydrogen-bond acceptors (Lipinski definition) is 4. The van der Waals surface area contributed by atoms with Gasteiger partial charge in [0, 0.05) is 3.57 Å². The first-order valence-corrected chi connectivity index (χ1v) is 9.83. The summed E-state index contributed by atoms with van der Waals surface area (Å²) in [7, 11) is 3.23. The first-order chi connectivity index (χ1) is 13.4. The van der Waals surface area contributed by atoms with E-state index in [0.717, 1.165) is 26.2 Å². The number of carbonyl (C=O) groups is 1. The van der Waals surface area contributed by atoms with Crippen LogP contribution in [0.15, 0.2) is 42.5 Å². The predicted molar refractivity (Wildman–Crippen MR) is 117 cm³/mol. The van der Waals surface area contributed by atoms with Crippen molar-refractivity contribution in [1.82, 2.24) is 9.78 Å². The fourth-order valence-electron chi connectivity index (χ4n) is 3.01. The number of anilines is 1. The van der Waals surface area contributed by atoms with E-state index in [-0.39, 0.29) is 5.91 Å². The van der Waals surface area contributed by atoms with Crippen LogP contribution in [0.3, 0.4) is 0 Å². The van der Waals surface area contributed by atoms with Gasteiger partial charge in [0.05, 0.1) is 43.4 Å². The molecule has 0 radical (unpaired) electrons. The summed E-state index contributed by atoms with van der Waals surface area (Å²) in [6, 6.07) is 13.3. The Labute approximate surface area is 178 Å². The van der Waals surface area contributed by atoms with Gasteiger partial charge in [0.1, 0.15) is 0 Å². The molecule has 0 saturated carbocycles. The third kappa shape index (κ3) is 4.14. The largest absolute Gasteiger partial charge is 0.493 e. The smallest absolute Gasteiger partial charge is 0.256 e. The van der Waals surface area contributed by atoms with Gasteiger partial charge in [0.15, 0.2) is 11.5 Å². The van der Waals surface area contributed by atoms with Crippen molar-refractivity contribution in [2.24, 2.45) is 0 Å². The van der Waals surface area contributed by atoms with Gasteiger partial charge in [-0.1, -0.05) is 18.2 Å². The lowest BCUT2D eigenvalue weighted by molar-refractivity contribution is 0.102. The second kappa shape index (κ2) is 8.64. The minimum absolute atomic E-state index is 0.137. The number of amides is 1. The van der Waals surface area contributed by atoms with Gasteiger partial charge < -0.3 is 14.8 Å². The average Bonchev–Trinajstić information content (AvgIpc) is 2.95. The van der Waals surface area contributed by atoms with Gasteiger partial charge in [-0.2, -0.15) is 5.10 Å². The molecule has 7 heteroatoms. The summed E-state index contributed by atoms with van der Waals surface area (Å²) < 4.78 is 13.4. The van der Waals surface area contributed by atoms with E-state index in [2.05, 4.69) is 33.0 Å². The van der Waals surface area contributed by atoms with E-state index in [1.165, 1.54) is 0 Å². The molecule has 2 aromatic carbocycles. The first-order valence-electron chi connectivity index (χ1n) is 8.75. The molecule has 0 bridgehead atoms. The fourth-order valence-corrected chi connectivity index (χ4v) is 3.64. The van der Waals surface area contributed by atoms with E-state index < -0.39 is 0 Å². The molecule has 0 fully saturated rings. The summed E-state index contributed by atoms with van der Waals surface area (Å²) in [6.07, 6.45) is 0. The molecule has 0 saturated heterocycles. The third-order valence-corrected chi connectivity index (χ3v) is 5.46. The maximum absolute atomic E-state index is 12.7. The number of aromatic nitrogens is 2. The van der Waals surface area contributed by atoms with Crippen molar-refractivity contribution in [2.45, 2.75) is 20.4 Å². The molecule has 0 aliphatic rings. The molecule has 3 aromatic rings. The molecule has 0 aliphatic heterocycles. The van der Waals surface area contributed by atoms with Crippen molar-refractivity contribution in [2.75, 3.05) is 19.5 Å². The van der Waals surface area contributed by atoms with Crippen molar-refractivity contribution in [3.8, 4) is 11.5 Å². The van der Waals surface area contributed by atoms with Crippen molar-refractivity contribution >= 4 is 34.2 Å². The average molecular weight is 491 g/mol. The Balaban J connectivity index is 1.84. The highest BCUT2D eigenvalue weighted by Crippen LogP contribution is 2.29. The summed E-state index contributed by atoms with van der Waals surface area (Å²) in [5.74, 6) is 1.22. The van der Waals surface area contributed by atoms with Gasteiger partial charge in [-0.15, -0.1) is 0 Å². The van der Waals surface area contributed by atoms with Gasteiger partial charge in [-0.05, 0) is 66.3 Å². The fraction of sp³-hybridized carbons (Fsp3) is 0.238. The van der Waals surface area contributed by atoms with Crippen LogP contribution in [-0.2, 0) is 6.54 Å². The molecule has 1 amide bonds. The number of nitrogens with zero attached hydrogens (tertiary/aromatic N) is 2. The Kier molecular flexibility index (Phi) is 6.23. The summed E-state index contributed by atoms with van der Waals surface area (Å²) in [4.78, 5) is 12.7. The number of carbonyl (C=O) groups excluding carboxylic acids is 1. The summed E-state index contributed by atoms with van der Waals surface area (Å²) >= 11 is 2.16. The lowest BCUT2D eigenvalue weighted by atomic mass is 10.2. The molecule has 1 N–H and O–H groups in total. The van der Waals surface area contributed by atoms with Crippen molar-refractivity contribution in [1.29, 1.82) is 0 Å². The Morgan fingerprint density at radius 3 is 2.50 bits per heavy atom. The Morgan fingerprint density at radius 1 is 1.11 bits per heavy atom. The molecule has 6 nitrogen and oxygen atoms in total. The molecule has 1 heterocycles. The van der Waals surface area contributed by atoms with Gasteiger partial charge >= 0.3 is 0 Å². The third-order valence-electron chi connectivity index (χ3n) is 4.52. The Hall–Kier alpha value is -2.55. The van der Waals surface area contributed by atoms with Crippen molar-refractivity contribution in [3.63, 3.8) is 0 Å². The molecular formula is C21H22IN3O3. The van der Waals surface area contributed by atoms with E-state index in [1.54, 1.807) is 14.2 Å². The summed E-state index contributed by atoms with van der Waals surface area (Å²) in [6.45, 7) is 4.40. The topological polar surface area (TPSA) is 65.4 Å². The van der Waals surface area contributed by atoms with E-state index in [9.17, 15) is 4.79 Å². The zero-order chi connectivity index (χ0) is 20.3. The SMILES string of the molecule is COc1ccc(Cn2nc(C)c(NC(=O)c3ccccc3I)c2C)cc1OC. The van der Waals surface area contributed by atoms with Crippen LogP contribution in [0, 0.1) is 17.4 Å². The Bertz CT molecular complexity index is 1010. The van der Waals surface area contributed by atoms with E-state index >= 15 is 0 Å². The molecule has 1 aromatic heterocycles. The molecule has 28 heavy (non-hydrogen) atoms. The summed E-state index contributed by atoms with van der Waals surface area (Å²) in [5.41, 5.74) is 4.09. The molecule has 3 rings (SSSR count). The van der Waals surface area contributed by atoms with Gasteiger partial charge in [-0.3, -0.25) is 9.48 Å². The van der Waals surface area contributed by atoms with Gasteiger partial charge in [0.25, 0.3) is 5.91 Å². The first kappa shape index (κ1) is 20.2. The second-order valence-corrected chi connectivity index (χ2v) is 7.49. The Morgan fingerprint density at radius 2 is 1.82 bits per heavy atom. The molecule has 0 spiro atoms. The number of methoxy groups -OCH3 is 2. The maximum atomic E-state index is 12.7. The predicted octanol–water partition coefficient (Wildman–Crippen LogP) is 4.42. The van der Waals surface area contributed by atoms with E-state index in [1.807, 2.05) is 61.0 Å². The zero-order valence-corrected chi connectivity index (χ0v) is 18.4. The number of benzene rings is 2.